The molecule has 0 aliphatic rings. The third kappa shape index (κ3) is 6.34. The fraction of sp³-hybridized carbons (Fsp3) is 0.294. The molecule has 2 rings (SSSR count). The summed E-state index contributed by atoms with van der Waals surface area (Å²) in [6, 6.07) is 0.999. The molecule has 3 amide bonds. The van der Waals surface area contributed by atoms with Crippen molar-refractivity contribution in [2.75, 3.05) is 11.9 Å². The quantitative estimate of drug-likeness (QED) is 0.450. The van der Waals surface area contributed by atoms with E-state index in [0.29, 0.717) is 11.5 Å². The number of aliphatic hydroxyl groups is 1. The minimum Gasteiger partial charge on any atom is -0.471 e. The number of aliphatic hydroxyl groups excluding tert-OH is 1. The lowest BCUT2D eigenvalue weighted by molar-refractivity contribution is -0.118. The first-order valence-electron chi connectivity index (χ1n) is 8.36. The van der Waals surface area contributed by atoms with Crippen LogP contribution in [0.1, 0.15) is 29.3 Å². The number of amides is 3. The monoisotopic (exact) mass is 462 g/mol. The summed E-state index contributed by atoms with van der Waals surface area (Å²) in [5.41, 5.74) is 4.56. The first-order valence-corrected chi connectivity index (χ1v) is 9.51. The molecule has 5 N–H and O–H groups in total. The number of halogens is 3. The number of urea groups is 1. The highest BCUT2D eigenvalue weighted by Gasteiger charge is 2.23. The Hall–Kier alpha value is -2.83. The summed E-state index contributed by atoms with van der Waals surface area (Å²) in [5, 5.41) is 14.0. The molecule has 1 atom stereocenters. The molecule has 30 heavy (non-hydrogen) atoms. The van der Waals surface area contributed by atoms with E-state index in [-0.39, 0.29) is 40.2 Å². The number of nitrogens with two attached hydrogens (primary N) is 1. The van der Waals surface area contributed by atoms with E-state index in [1.807, 2.05) is 0 Å². The van der Waals surface area contributed by atoms with Gasteiger partial charge >= 0.3 is 6.03 Å². The van der Waals surface area contributed by atoms with E-state index in [9.17, 15) is 28.3 Å². The molecule has 0 saturated carbocycles. The van der Waals surface area contributed by atoms with Crippen LogP contribution >= 0.6 is 23.1 Å². The number of ketones is 1. The third-order valence-corrected chi connectivity index (χ3v) is 4.58. The number of benzene rings is 1. The molecule has 1 aromatic heterocycles. The average molecular weight is 463 g/mol. The summed E-state index contributed by atoms with van der Waals surface area (Å²) in [6.07, 6.45) is -1.21. The van der Waals surface area contributed by atoms with Gasteiger partial charge in [0, 0.05) is 18.0 Å². The molecule has 0 saturated heterocycles. The van der Waals surface area contributed by atoms with Gasteiger partial charge in [0.05, 0.1) is 11.7 Å². The van der Waals surface area contributed by atoms with Crippen LogP contribution in [0, 0.1) is 11.6 Å². The Morgan fingerprint density at radius 2 is 1.97 bits per heavy atom. The van der Waals surface area contributed by atoms with Crippen molar-refractivity contribution >= 4 is 45.9 Å². The maximum Gasteiger partial charge on any atom is 0.320 e. The highest BCUT2D eigenvalue weighted by molar-refractivity contribution is 7.11. The van der Waals surface area contributed by atoms with E-state index in [1.165, 1.54) is 6.92 Å². The number of nitrogens with zero attached hydrogens (tertiary/aromatic N) is 1. The molecule has 0 bridgehead atoms. The van der Waals surface area contributed by atoms with Crippen LogP contribution < -0.4 is 21.1 Å². The van der Waals surface area contributed by atoms with Crippen molar-refractivity contribution in [3.05, 3.63) is 39.9 Å². The molecule has 0 spiro atoms. The summed E-state index contributed by atoms with van der Waals surface area (Å²) in [7, 11) is 0. The predicted octanol–water partition coefficient (Wildman–Crippen LogP) is 2.21. The number of nitrogens with one attached hydrogen (secondary N) is 2. The highest BCUT2D eigenvalue weighted by Crippen LogP contribution is 2.31. The van der Waals surface area contributed by atoms with Crippen molar-refractivity contribution in [3.8, 4) is 5.88 Å². The van der Waals surface area contributed by atoms with Crippen molar-refractivity contribution in [1.82, 2.24) is 9.69 Å². The van der Waals surface area contributed by atoms with Crippen molar-refractivity contribution in [2.24, 2.45) is 5.73 Å². The lowest BCUT2D eigenvalue weighted by Crippen LogP contribution is -2.36. The Balaban J connectivity index is 2.07. The van der Waals surface area contributed by atoms with Crippen LogP contribution in [0.25, 0.3) is 0 Å². The number of Topliss-reactive ketones (excluding diaryl/α,β-unsaturated/α-hetero) is 1. The fourth-order valence-corrected chi connectivity index (χ4v) is 3.22. The Morgan fingerprint density at radius 1 is 1.33 bits per heavy atom. The Labute approximate surface area is 178 Å². The van der Waals surface area contributed by atoms with Gasteiger partial charge in [0.25, 0.3) is 5.91 Å². The number of hydrogen-bond donors (Lipinski definition) is 4. The molecular weight excluding hydrogens is 446 g/mol. The van der Waals surface area contributed by atoms with Crippen LogP contribution in [0.5, 0.6) is 5.88 Å². The van der Waals surface area contributed by atoms with E-state index in [2.05, 4.69) is 15.0 Å². The summed E-state index contributed by atoms with van der Waals surface area (Å²) < 4.78 is 36.8. The van der Waals surface area contributed by atoms with Crippen LogP contribution in [0.2, 0.25) is 5.02 Å². The maximum absolute atomic E-state index is 13.9. The van der Waals surface area contributed by atoms with E-state index < -0.39 is 41.8 Å². The van der Waals surface area contributed by atoms with Crippen molar-refractivity contribution in [2.45, 2.75) is 26.1 Å². The lowest BCUT2D eigenvalue weighted by Gasteiger charge is -2.11. The molecular formula is C17H17ClF2N4O5S. The lowest BCUT2D eigenvalue weighted by atomic mass is 10.2. The van der Waals surface area contributed by atoms with Gasteiger partial charge in [0.1, 0.15) is 34.6 Å². The second-order valence-corrected chi connectivity index (χ2v) is 7.30. The number of anilines is 1. The molecule has 9 nitrogen and oxygen atoms in total. The van der Waals surface area contributed by atoms with Crippen molar-refractivity contribution < 1.29 is 33.0 Å². The van der Waals surface area contributed by atoms with Gasteiger partial charge in [-0.15, -0.1) is 0 Å². The SMILES string of the molecule is CC(=O)CC(O)CNC(=O)Nc1snc(OCc2c(F)cc(Cl)cc2F)c1C(N)=O. The largest absolute Gasteiger partial charge is 0.471 e. The molecule has 0 radical (unpaired) electrons. The van der Waals surface area contributed by atoms with E-state index in [1.54, 1.807) is 0 Å². The minimum atomic E-state index is -1.08. The van der Waals surface area contributed by atoms with Gasteiger partial charge in [-0.25, -0.2) is 13.6 Å². The van der Waals surface area contributed by atoms with Gasteiger partial charge < -0.3 is 20.9 Å². The zero-order valence-electron chi connectivity index (χ0n) is 15.5. The summed E-state index contributed by atoms with van der Waals surface area (Å²) in [4.78, 5) is 34.6. The van der Waals surface area contributed by atoms with Crippen LogP contribution in [0.4, 0.5) is 18.6 Å². The first-order chi connectivity index (χ1) is 14.1. The third-order valence-electron chi connectivity index (χ3n) is 3.61. The van der Waals surface area contributed by atoms with Gasteiger partial charge in [0.2, 0.25) is 5.88 Å². The second-order valence-electron chi connectivity index (χ2n) is 6.09. The molecule has 0 aliphatic carbocycles. The summed E-state index contributed by atoms with van der Waals surface area (Å²) in [5.74, 6) is -3.47. The second kappa shape index (κ2) is 10.3. The van der Waals surface area contributed by atoms with Gasteiger partial charge in [-0.1, -0.05) is 11.6 Å². The normalized spacial score (nSPS) is 11.6. The van der Waals surface area contributed by atoms with E-state index in [4.69, 9.17) is 22.1 Å². The smallest absolute Gasteiger partial charge is 0.320 e. The summed E-state index contributed by atoms with van der Waals surface area (Å²) >= 11 is 6.21. The van der Waals surface area contributed by atoms with Crippen LogP contribution in [0.3, 0.4) is 0 Å². The van der Waals surface area contributed by atoms with Crippen LogP contribution in [-0.2, 0) is 11.4 Å². The molecule has 162 valence electrons. The Bertz CT molecular complexity index is 949. The molecule has 0 aliphatic heterocycles. The molecule has 13 heteroatoms. The molecule has 0 fully saturated rings. The van der Waals surface area contributed by atoms with Crippen molar-refractivity contribution in [3.63, 3.8) is 0 Å². The number of ether oxygens (including phenoxy) is 1. The fourth-order valence-electron chi connectivity index (χ4n) is 2.29. The van der Waals surface area contributed by atoms with Gasteiger partial charge in [-0.05, 0) is 30.6 Å². The number of aromatic nitrogens is 1. The standard InChI is InChI=1S/C17H17ClF2N4O5S/c1-7(25)2-9(26)5-22-17(28)23-16-13(14(21)27)15(24-30-16)29-6-10-11(19)3-8(18)4-12(10)20/h3-4,9,26H,2,5-6H2,1H3,(H2,21,27)(H2,22,23,28). The van der Waals surface area contributed by atoms with Gasteiger partial charge in [0.15, 0.2) is 0 Å². The minimum absolute atomic E-state index is 0.0758. The predicted molar refractivity (Wildman–Crippen MR) is 105 cm³/mol. The van der Waals surface area contributed by atoms with Gasteiger partial charge in [-0.2, -0.15) is 4.37 Å². The van der Waals surface area contributed by atoms with E-state index in [0.717, 1.165) is 12.1 Å². The van der Waals surface area contributed by atoms with Crippen molar-refractivity contribution in [1.29, 1.82) is 0 Å². The topological polar surface area (TPSA) is 144 Å². The maximum atomic E-state index is 13.9. The zero-order valence-corrected chi connectivity index (χ0v) is 17.1. The average Bonchev–Trinajstić information content (AvgIpc) is 3.01. The molecule has 1 unspecified atom stereocenters. The summed E-state index contributed by atoms with van der Waals surface area (Å²) in [6.45, 7) is 0.472. The number of carbonyl (C=O) groups excluding carboxylic acids is 3. The first kappa shape index (κ1) is 23.4. The number of primary amides is 1. The molecule has 2 aromatic rings. The Morgan fingerprint density at radius 3 is 2.53 bits per heavy atom. The van der Waals surface area contributed by atoms with E-state index >= 15 is 0 Å². The number of rotatable bonds is 9. The molecule has 1 aromatic carbocycles. The number of hydrogen-bond acceptors (Lipinski definition) is 7. The van der Waals surface area contributed by atoms with Crippen LogP contribution in [-0.4, -0.2) is 39.9 Å². The Kier molecular flexibility index (Phi) is 8.03. The number of carbonyl (C=O) groups is 3. The van der Waals surface area contributed by atoms with Gasteiger partial charge in [-0.3, -0.25) is 14.9 Å². The zero-order chi connectivity index (χ0) is 22.4. The van der Waals surface area contributed by atoms with Crippen LogP contribution in [0.15, 0.2) is 12.1 Å². The highest BCUT2D eigenvalue weighted by atomic mass is 35.5. The molecule has 1 heterocycles.